The van der Waals surface area contributed by atoms with Crippen molar-refractivity contribution in [1.29, 1.82) is 0 Å². The standard InChI is InChI=1S/C19H23N3O4/c1-25-15-9-8-13(12-16(15)26-2)10-11-21-17(18(23)22-19(20)24)14-6-4-3-5-7-14/h3-9,12,17,21H,10-11H2,1-2H3,(H3,20,22,23,24)/t17-/m1/s1. The molecule has 2 aromatic carbocycles. The van der Waals surface area contributed by atoms with E-state index in [1.165, 1.54) is 0 Å². The first-order chi connectivity index (χ1) is 12.5. The molecule has 0 unspecified atom stereocenters. The fourth-order valence-electron chi connectivity index (χ4n) is 2.60. The third-order valence-corrected chi connectivity index (χ3v) is 3.85. The van der Waals surface area contributed by atoms with E-state index in [1.807, 2.05) is 48.5 Å². The molecular formula is C19H23N3O4. The Morgan fingerprint density at radius 1 is 1.04 bits per heavy atom. The van der Waals surface area contributed by atoms with Gasteiger partial charge in [-0.15, -0.1) is 0 Å². The second kappa shape index (κ2) is 9.43. The van der Waals surface area contributed by atoms with E-state index < -0.39 is 18.0 Å². The van der Waals surface area contributed by atoms with Gasteiger partial charge in [0.25, 0.3) is 0 Å². The molecule has 7 heteroatoms. The number of nitrogens with one attached hydrogen (secondary N) is 2. The first-order valence-corrected chi connectivity index (χ1v) is 8.14. The molecule has 7 nitrogen and oxygen atoms in total. The Bertz CT molecular complexity index is 750. The van der Waals surface area contributed by atoms with Crippen LogP contribution in [-0.2, 0) is 11.2 Å². The van der Waals surface area contributed by atoms with Crippen LogP contribution in [0.15, 0.2) is 48.5 Å². The molecule has 0 aliphatic rings. The van der Waals surface area contributed by atoms with Gasteiger partial charge in [0.05, 0.1) is 14.2 Å². The molecule has 0 heterocycles. The Labute approximate surface area is 152 Å². The van der Waals surface area contributed by atoms with Crippen LogP contribution in [0.5, 0.6) is 11.5 Å². The summed E-state index contributed by atoms with van der Waals surface area (Å²) in [5.41, 5.74) is 6.84. The lowest BCUT2D eigenvalue weighted by Gasteiger charge is -2.18. The minimum Gasteiger partial charge on any atom is -0.493 e. The quantitative estimate of drug-likeness (QED) is 0.668. The van der Waals surface area contributed by atoms with Gasteiger partial charge in [-0.2, -0.15) is 0 Å². The van der Waals surface area contributed by atoms with E-state index in [1.54, 1.807) is 14.2 Å². The van der Waals surface area contributed by atoms with E-state index >= 15 is 0 Å². The lowest BCUT2D eigenvalue weighted by Crippen LogP contribution is -2.43. The van der Waals surface area contributed by atoms with Crippen LogP contribution in [0.3, 0.4) is 0 Å². The SMILES string of the molecule is COc1ccc(CCN[C@@H](C(=O)NC(N)=O)c2ccccc2)cc1OC. The maximum absolute atomic E-state index is 12.3. The van der Waals surface area contributed by atoms with Gasteiger partial charge >= 0.3 is 6.03 Å². The van der Waals surface area contributed by atoms with Crippen LogP contribution >= 0.6 is 0 Å². The summed E-state index contributed by atoms with van der Waals surface area (Å²) in [6.45, 7) is 0.515. The summed E-state index contributed by atoms with van der Waals surface area (Å²) in [5.74, 6) is 0.819. The third-order valence-electron chi connectivity index (χ3n) is 3.85. The van der Waals surface area contributed by atoms with Crippen molar-refractivity contribution in [3.8, 4) is 11.5 Å². The van der Waals surface area contributed by atoms with Crippen LogP contribution in [0.1, 0.15) is 17.2 Å². The molecule has 0 fully saturated rings. The Morgan fingerprint density at radius 2 is 1.73 bits per heavy atom. The van der Waals surface area contributed by atoms with E-state index in [2.05, 4.69) is 10.6 Å². The molecule has 0 saturated carbocycles. The van der Waals surface area contributed by atoms with E-state index in [9.17, 15) is 9.59 Å². The Hall–Kier alpha value is -3.06. The van der Waals surface area contributed by atoms with Gasteiger partial charge in [0.1, 0.15) is 6.04 Å². The minimum atomic E-state index is -0.877. The van der Waals surface area contributed by atoms with Gasteiger partial charge in [0, 0.05) is 6.54 Å². The van der Waals surface area contributed by atoms with Gasteiger partial charge in [0.2, 0.25) is 5.91 Å². The summed E-state index contributed by atoms with van der Waals surface area (Å²) in [6, 6.07) is 13.3. The first kappa shape index (κ1) is 19.3. The first-order valence-electron chi connectivity index (χ1n) is 8.14. The summed E-state index contributed by atoms with van der Waals surface area (Å²) in [4.78, 5) is 23.3. The normalized spacial score (nSPS) is 11.5. The van der Waals surface area contributed by atoms with Crippen LogP contribution in [0.4, 0.5) is 4.79 Å². The van der Waals surface area contributed by atoms with Gasteiger partial charge in [-0.05, 0) is 29.7 Å². The summed E-state index contributed by atoms with van der Waals surface area (Å²) < 4.78 is 10.5. The van der Waals surface area contributed by atoms with Crippen LogP contribution in [0.25, 0.3) is 0 Å². The number of imide groups is 1. The highest BCUT2D eigenvalue weighted by atomic mass is 16.5. The highest BCUT2D eigenvalue weighted by Gasteiger charge is 2.20. The fraction of sp³-hybridized carbons (Fsp3) is 0.263. The Morgan fingerprint density at radius 3 is 2.35 bits per heavy atom. The summed E-state index contributed by atoms with van der Waals surface area (Å²) in [6.07, 6.45) is 0.660. The number of benzene rings is 2. The second-order valence-electron chi connectivity index (χ2n) is 5.59. The number of urea groups is 1. The number of methoxy groups -OCH3 is 2. The van der Waals surface area contributed by atoms with Gasteiger partial charge in [-0.1, -0.05) is 36.4 Å². The molecule has 4 N–H and O–H groups in total. The number of primary amides is 1. The van der Waals surface area contributed by atoms with Crippen LogP contribution < -0.4 is 25.8 Å². The molecule has 2 aromatic rings. The molecule has 2 rings (SSSR count). The monoisotopic (exact) mass is 357 g/mol. The zero-order valence-electron chi connectivity index (χ0n) is 14.8. The van der Waals surface area contributed by atoms with Gasteiger partial charge in [-0.3, -0.25) is 10.1 Å². The van der Waals surface area contributed by atoms with Crippen LogP contribution in [-0.4, -0.2) is 32.7 Å². The number of carbonyl (C=O) groups is 2. The molecule has 0 aliphatic heterocycles. The fourth-order valence-corrected chi connectivity index (χ4v) is 2.60. The smallest absolute Gasteiger partial charge is 0.318 e. The Balaban J connectivity index is 2.05. The second-order valence-corrected chi connectivity index (χ2v) is 5.59. The molecule has 0 saturated heterocycles. The molecule has 138 valence electrons. The number of hydrogen-bond donors (Lipinski definition) is 3. The maximum Gasteiger partial charge on any atom is 0.318 e. The van der Waals surface area contributed by atoms with Crippen molar-refractivity contribution in [2.75, 3.05) is 20.8 Å². The molecule has 1 atom stereocenters. The van der Waals surface area contributed by atoms with Crippen LogP contribution in [0.2, 0.25) is 0 Å². The van der Waals surface area contributed by atoms with E-state index in [4.69, 9.17) is 15.2 Å². The van der Waals surface area contributed by atoms with Crippen LogP contribution in [0, 0.1) is 0 Å². The molecule has 0 spiro atoms. The number of carbonyl (C=O) groups excluding carboxylic acids is 2. The highest BCUT2D eigenvalue weighted by Crippen LogP contribution is 2.27. The van der Waals surface area contributed by atoms with Crippen molar-refractivity contribution in [2.24, 2.45) is 5.73 Å². The van der Waals surface area contributed by atoms with E-state index in [0.717, 1.165) is 11.1 Å². The van der Waals surface area contributed by atoms with Crippen molar-refractivity contribution in [2.45, 2.75) is 12.5 Å². The number of nitrogens with two attached hydrogens (primary N) is 1. The summed E-state index contributed by atoms with van der Waals surface area (Å²) in [5, 5.41) is 5.29. The van der Waals surface area contributed by atoms with Gasteiger partial charge in [0.15, 0.2) is 11.5 Å². The minimum absolute atomic E-state index is 0.490. The highest BCUT2D eigenvalue weighted by molar-refractivity contribution is 5.96. The maximum atomic E-state index is 12.3. The zero-order chi connectivity index (χ0) is 18.9. The predicted octanol–water partition coefficient (Wildman–Crippen LogP) is 1.77. The summed E-state index contributed by atoms with van der Waals surface area (Å²) >= 11 is 0. The van der Waals surface area contributed by atoms with Crippen molar-refractivity contribution < 1.29 is 19.1 Å². The van der Waals surface area contributed by atoms with Gasteiger partial charge < -0.3 is 20.5 Å². The molecule has 0 aromatic heterocycles. The molecule has 3 amide bonds. The van der Waals surface area contributed by atoms with Crippen molar-refractivity contribution >= 4 is 11.9 Å². The molecule has 0 bridgehead atoms. The van der Waals surface area contributed by atoms with Crippen molar-refractivity contribution in [3.05, 3.63) is 59.7 Å². The molecular weight excluding hydrogens is 334 g/mol. The average molecular weight is 357 g/mol. The van der Waals surface area contributed by atoms with Crippen molar-refractivity contribution in [1.82, 2.24) is 10.6 Å². The number of ether oxygens (including phenoxy) is 2. The Kier molecular flexibility index (Phi) is 6.99. The predicted molar refractivity (Wildman–Crippen MR) is 98.2 cm³/mol. The van der Waals surface area contributed by atoms with E-state index in [-0.39, 0.29) is 0 Å². The lowest BCUT2D eigenvalue weighted by atomic mass is 10.1. The third kappa shape index (κ3) is 5.22. The number of amides is 3. The zero-order valence-corrected chi connectivity index (χ0v) is 14.8. The largest absolute Gasteiger partial charge is 0.493 e. The lowest BCUT2D eigenvalue weighted by molar-refractivity contribution is -0.122. The number of rotatable bonds is 8. The molecule has 26 heavy (non-hydrogen) atoms. The van der Waals surface area contributed by atoms with Gasteiger partial charge in [-0.25, -0.2) is 4.79 Å². The molecule has 0 aliphatic carbocycles. The number of hydrogen-bond acceptors (Lipinski definition) is 5. The summed E-state index contributed by atoms with van der Waals surface area (Å²) in [7, 11) is 3.17. The van der Waals surface area contributed by atoms with E-state index in [0.29, 0.717) is 24.5 Å². The molecule has 0 radical (unpaired) electrons. The topological polar surface area (TPSA) is 103 Å². The average Bonchev–Trinajstić information content (AvgIpc) is 2.65. The van der Waals surface area contributed by atoms with Crippen molar-refractivity contribution in [3.63, 3.8) is 0 Å².